The van der Waals surface area contributed by atoms with Crippen LogP contribution in [0.15, 0.2) is 97.2 Å². The van der Waals surface area contributed by atoms with Crippen LogP contribution in [0.5, 0.6) is 5.75 Å². The first kappa shape index (κ1) is 32.7. The van der Waals surface area contributed by atoms with Gasteiger partial charge in [0.25, 0.3) is 5.91 Å². The second-order valence-electron chi connectivity index (χ2n) is 10.8. The molecule has 0 aliphatic heterocycles. The molecule has 0 aliphatic carbocycles. The summed E-state index contributed by atoms with van der Waals surface area (Å²) in [5, 5.41) is 8.47. The molecule has 0 bridgehead atoms. The van der Waals surface area contributed by atoms with E-state index in [-0.39, 0.29) is 17.8 Å². The average molecular weight is 610 g/mol. The van der Waals surface area contributed by atoms with Crippen molar-refractivity contribution in [3.05, 3.63) is 114 Å². The zero-order chi connectivity index (χ0) is 30.9. The Labute approximate surface area is 261 Å². The number of carbonyl (C=O) groups excluding carboxylic acids is 3. The predicted octanol–water partition coefficient (Wildman–Crippen LogP) is 3.17. The van der Waals surface area contributed by atoms with Gasteiger partial charge < -0.3 is 37.3 Å². The lowest BCUT2D eigenvalue weighted by molar-refractivity contribution is -0.122. The first-order valence-electron chi connectivity index (χ1n) is 14.8. The number of para-hydroxylation sites is 1. The smallest absolute Gasteiger partial charge is 0.255 e. The molecule has 10 nitrogen and oxygen atoms in total. The van der Waals surface area contributed by atoms with Gasteiger partial charge in [0.1, 0.15) is 11.8 Å². The molecule has 234 valence electrons. The standard InChI is InChI=1S/C35H37N5O4.H2O/c36-29(18-23-10-2-1-3-11-23)35(43)38-16-8-9-17-44-32-21-25-13-5-4-12-24(25)19-28(32)34(42)40-31(33(37)41)20-26-22-39-30-15-7-6-14-27(26)30;/h1-7,10-15,19,21-22,29,31,39H,8-9,16-18,20,36H2,(H2,37,41)(H,38,43)(H,40,42);1H2. The summed E-state index contributed by atoms with van der Waals surface area (Å²) in [4.78, 5) is 41.6. The minimum absolute atomic E-state index is 0. The van der Waals surface area contributed by atoms with Gasteiger partial charge in [0.15, 0.2) is 0 Å². The van der Waals surface area contributed by atoms with Crippen LogP contribution in [0, 0.1) is 0 Å². The number of primary amides is 1. The second kappa shape index (κ2) is 15.5. The number of hydrogen-bond acceptors (Lipinski definition) is 5. The third-order valence-corrected chi connectivity index (χ3v) is 7.60. The summed E-state index contributed by atoms with van der Waals surface area (Å²) in [6.45, 7) is 0.795. The van der Waals surface area contributed by atoms with Gasteiger partial charge in [-0.1, -0.05) is 72.8 Å². The Morgan fingerprint density at radius 1 is 0.844 bits per heavy atom. The Morgan fingerprint density at radius 2 is 1.53 bits per heavy atom. The Hall–Kier alpha value is -5.19. The number of rotatable bonds is 14. The highest BCUT2D eigenvalue weighted by molar-refractivity contribution is 6.03. The first-order valence-corrected chi connectivity index (χ1v) is 14.8. The highest BCUT2D eigenvalue weighted by atomic mass is 16.5. The summed E-state index contributed by atoms with van der Waals surface area (Å²) >= 11 is 0. The monoisotopic (exact) mass is 609 g/mol. The number of aromatic amines is 1. The molecule has 1 aromatic heterocycles. The van der Waals surface area contributed by atoms with Crippen molar-refractivity contribution in [1.29, 1.82) is 0 Å². The van der Waals surface area contributed by atoms with Crippen molar-refractivity contribution < 1.29 is 24.6 Å². The molecular weight excluding hydrogens is 570 g/mol. The van der Waals surface area contributed by atoms with E-state index in [0.717, 1.165) is 32.8 Å². The van der Waals surface area contributed by atoms with Crippen molar-refractivity contribution in [2.75, 3.05) is 13.2 Å². The maximum Gasteiger partial charge on any atom is 0.255 e. The molecule has 5 rings (SSSR count). The molecule has 5 aromatic rings. The number of ether oxygens (including phenoxy) is 1. The zero-order valence-corrected chi connectivity index (χ0v) is 24.9. The van der Waals surface area contributed by atoms with Gasteiger partial charge in [-0.2, -0.15) is 0 Å². The van der Waals surface area contributed by atoms with Crippen molar-refractivity contribution in [3.8, 4) is 5.75 Å². The molecule has 10 heteroatoms. The van der Waals surface area contributed by atoms with Gasteiger partial charge in [0.2, 0.25) is 11.8 Å². The van der Waals surface area contributed by atoms with Gasteiger partial charge in [-0.05, 0) is 59.4 Å². The highest BCUT2D eigenvalue weighted by Crippen LogP contribution is 2.27. The van der Waals surface area contributed by atoms with Crippen LogP contribution in [0.1, 0.15) is 34.3 Å². The number of carbonyl (C=O) groups is 3. The third kappa shape index (κ3) is 8.47. The van der Waals surface area contributed by atoms with E-state index in [1.54, 1.807) is 6.07 Å². The number of amides is 3. The number of H-pyrrole nitrogens is 1. The van der Waals surface area contributed by atoms with Crippen LogP contribution in [0.4, 0.5) is 0 Å². The fourth-order valence-corrected chi connectivity index (χ4v) is 5.21. The van der Waals surface area contributed by atoms with Crippen molar-refractivity contribution >= 4 is 39.4 Å². The van der Waals surface area contributed by atoms with E-state index in [1.807, 2.05) is 91.1 Å². The predicted molar refractivity (Wildman–Crippen MR) is 176 cm³/mol. The molecule has 0 saturated heterocycles. The maximum absolute atomic E-state index is 13.6. The van der Waals surface area contributed by atoms with Crippen LogP contribution in [-0.4, -0.2) is 53.4 Å². The second-order valence-corrected chi connectivity index (χ2v) is 10.8. The summed E-state index contributed by atoms with van der Waals surface area (Å²) in [6.07, 6.45) is 3.87. The van der Waals surface area contributed by atoms with Crippen molar-refractivity contribution in [3.63, 3.8) is 0 Å². The van der Waals surface area contributed by atoms with Gasteiger partial charge in [-0.3, -0.25) is 14.4 Å². The summed E-state index contributed by atoms with van der Waals surface area (Å²) in [5.41, 5.74) is 14.9. The van der Waals surface area contributed by atoms with Gasteiger partial charge >= 0.3 is 0 Å². The molecule has 0 saturated carbocycles. The van der Waals surface area contributed by atoms with Crippen LogP contribution in [0.2, 0.25) is 0 Å². The minimum Gasteiger partial charge on any atom is -0.493 e. The number of unbranched alkanes of at least 4 members (excludes halogenated alkanes) is 1. The van der Waals surface area contributed by atoms with Crippen molar-refractivity contribution in [2.24, 2.45) is 11.5 Å². The lowest BCUT2D eigenvalue weighted by Gasteiger charge is -2.18. The summed E-state index contributed by atoms with van der Waals surface area (Å²) in [5.74, 6) is -0.864. The van der Waals surface area contributed by atoms with Crippen LogP contribution >= 0.6 is 0 Å². The molecule has 1 heterocycles. The molecular formula is C35H39N5O5. The molecule has 9 N–H and O–H groups in total. The minimum atomic E-state index is -0.919. The van der Waals surface area contributed by atoms with E-state index in [2.05, 4.69) is 15.6 Å². The number of nitrogens with one attached hydrogen (secondary N) is 3. The average Bonchev–Trinajstić information content (AvgIpc) is 3.44. The molecule has 2 unspecified atom stereocenters. The number of benzene rings is 4. The normalized spacial score (nSPS) is 12.2. The third-order valence-electron chi connectivity index (χ3n) is 7.60. The van der Waals surface area contributed by atoms with Crippen LogP contribution < -0.4 is 26.8 Å². The van der Waals surface area contributed by atoms with Crippen molar-refractivity contribution in [2.45, 2.75) is 37.8 Å². The SMILES string of the molecule is NC(=O)C(Cc1c[nH]c2ccccc12)NC(=O)c1cc2ccccc2cc1OCCCCNC(=O)C(N)Cc1ccccc1.O. The van der Waals surface area contributed by atoms with Gasteiger partial charge in [-0.25, -0.2) is 0 Å². The lowest BCUT2D eigenvalue weighted by Crippen LogP contribution is -2.45. The number of nitrogens with two attached hydrogens (primary N) is 2. The quantitative estimate of drug-likeness (QED) is 0.121. The van der Waals surface area contributed by atoms with Gasteiger partial charge in [-0.15, -0.1) is 0 Å². The fraction of sp³-hybridized carbons (Fsp3) is 0.229. The molecule has 0 fully saturated rings. The Kier molecular flexibility index (Phi) is 11.3. The molecule has 0 aliphatic rings. The maximum atomic E-state index is 13.6. The highest BCUT2D eigenvalue weighted by Gasteiger charge is 2.23. The van der Waals surface area contributed by atoms with Crippen LogP contribution in [-0.2, 0) is 22.4 Å². The zero-order valence-electron chi connectivity index (χ0n) is 24.9. The van der Waals surface area contributed by atoms with E-state index >= 15 is 0 Å². The number of hydrogen-bond donors (Lipinski definition) is 5. The van der Waals surface area contributed by atoms with E-state index in [9.17, 15) is 14.4 Å². The topological polar surface area (TPSA) is 184 Å². The number of fused-ring (bicyclic) bond motifs is 2. The largest absolute Gasteiger partial charge is 0.493 e. The molecule has 45 heavy (non-hydrogen) atoms. The van der Waals surface area contributed by atoms with Gasteiger partial charge in [0.05, 0.1) is 18.2 Å². The Morgan fingerprint density at radius 3 is 2.29 bits per heavy atom. The first-order chi connectivity index (χ1) is 21.4. The lowest BCUT2D eigenvalue weighted by atomic mass is 10.0. The van der Waals surface area contributed by atoms with E-state index in [0.29, 0.717) is 43.7 Å². The molecule has 2 atom stereocenters. The molecule has 3 amide bonds. The fourth-order valence-electron chi connectivity index (χ4n) is 5.21. The molecule has 0 radical (unpaired) electrons. The summed E-state index contributed by atoms with van der Waals surface area (Å²) < 4.78 is 6.09. The van der Waals surface area contributed by atoms with Gasteiger partial charge in [0, 0.05) is 30.1 Å². The molecule has 0 spiro atoms. The van der Waals surface area contributed by atoms with Crippen LogP contribution in [0.25, 0.3) is 21.7 Å². The summed E-state index contributed by atoms with van der Waals surface area (Å²) in [7, 11) is 0. The summed E-state index contributed by atoms with van der Waals surface area (Å²) in [6, 6.07) is 27.2. The molecule has 4 aromatic carbocycles. The Bertz CT molecular complexity index is 1750. The Balaban J connectivity index is 0.00000461. The van der Waals surface area contributed by atoms with E-state index < -0.39 is 23.9 Å². The van der Waals surface area contributed by atoms with Crippen molar-refractivity contribution in [1.82, 2.24) is 15.6 Å². The number of aromatic nitrogens is 1. The van der Waals surface area contributed by atoms with Crippen LogP contribution in [0.3, 0.4) is 0 Å². The van der Waals surface area contributed by atoms with E-state index in [4.69, 9.17) is 16.2 Å². The van der Waals surface area contributed by atoms with E-state index in [1.165, 1.54) is 0 Å².